The van der Waals surface area contributed by atoms with E-state index < -0.39 is 0 Å². The molecule has 0 aromatic carbocycles. The van der Waals surface area contributed by atoms with E-state index in [9.17, 15) is 9.59 Å². The molecular weight excluding hydrogens is 226 g/mol. The first-order chi connectivity index (χ1) is 7.74. The molecule has 4 N–H and O–H groups in total. The molecule has 0 radical (unpaired) electrons. The zero-order chi connectivity index (χ0) is 11.8. The van der Waals surface area contributed by atoms with E-state index in [0.29, 0.717) is 24.4 Å². The summed E-state index contributed by atoms with van der Waals surface area (Å²) in [5, 5.41) is 7.25. The molecule has 1 aromatic rings. The lowest BCUT2D eigenvalue weighted by Crippen LogP contribution is -2.33. The number of amides is 2. The van der Waals surface area contributed by atoms with Crippen LogP contribution in [0.1, 0.15) is 16.1 Å². The fraction of sp³-hybridized carbons (Fsp3) is 0.400. The molecular formula is C10H15N3O2S. The lowest BCUT2D eigenvalue weighted by atomic mass is 10.4. The summed E-state index contributed by atoms with van der Waals surface area (Å²) < 4.78 is 0. The highest BCUT2D eigenvalue weighted by Gasteiger charge is 2.04. The molecule has 0 bridgehead atoms. The van der Waals surface area contributed by atoms with Crippen molar-refractivity contribution >= 4 is 23.2 Å². The van der Waals surface area contributed by atoms with E-state index in [4.69, 9.17) is 5.73 Å². The van der Waals surface area contributed by atoms with Gasteiger partial charge in [0.25, 0.3) is 5.91 Å². The summed E-state index contributed by atoms with van der Waals surface area (Å²) in [5.74, 6) is -0.246. The predicted octanol–water partition coefficient (Wildman–Crippen LogP) is -0.0571. The Morgan fingerprint density at radius 1 is 1.31 bits per heavy atom. The van der Waals surface area contributed by atoms with Crippen molar-refractivity contribution in [2.24, 2.45) is 5.73 Å². The Labute approximate surface area is 98.0 Å². The van der Waals surface area contributed by atoms with Crippen LogP contribution >= 0.6 is 11.3 Å². The van der Waals surface area contributed by atoms with Gasteiger partial charge in [-0.3, -0.25) is 9.59 Å². The number of carbonyl (C=O) groups excluding carboxylic acids is 2. The first kappa shape index (κ1) is 12.7. The molecule has 0 aliphatic heterocycles. The third-order valence-electron chi connectivity index (χ3n) is 1.89. The van der Waals surface area contributed by atoms with Crippen LogP contribution in [0.25, 0.3) is 0 Å². The van der Waals surface area contributed by atoms with Crippen LogP contribution in [-0.2, 0) is 4.79 Å². The second-order valence-corrected chi connectivity index (χ2v) is 4.09. The van der Waals surface area contributed by atoms with Crippen LogP contribution in [0, 0.1) is 0 Å². The highest BCUT2D eigenvalue weighted by Crippen LogP contribution is 2.07. The van der Waals surface area contributed by atoms with Gasteiger partial charge in [-0.05, 0) is 17.9 Å². The molecule has 88 valence electrons. The van der Waals surface area contributed by atoms with Crippen molar-refractivity contribution in [1.29, 1.82) is 0 Å². The fourth-order valence-electron chi connectivity index (χ4n) is 1.09. The van der Waals surface area contributed by atoms with E-state index in [1.807, 2.05) is 11.4 Å². The summed E-state index contributed by atoms with van der Waals surface area (Å²) >= 11 is 1.41. The van der Waals surface area contributed by atoms with Gasteiger partial charge in [0.2, 0.25) is 5.91 Å². The Bertz CT molecular complexity index is 338. The van der Waals surface area contributed by atoms with E-state index in [1.54, 1.807) is 6.07 Å². The van der Waals surface area contributed by atoms with Gasteiger partial charge in [-0.25, -0.2) is 0 Å². The number of nitrogens with two attached hydrogens (primary N) is 1. The van der Waals surface area contributed by atoms with Crippen molar-refractivity contribution in [2.75, 3.05) is 19.6 Å². The molecule has 1 heterocycles. The van der Waals surface area contributed by atoms with Crippen LogP contribution in [-0.4, -0.2) is 31.4 Å². The topological polar surface area (TPSA) is 84.2 Å². The number of hydrogen-bond acceptors (Lipinski definition) is 4. The highest BCUT2D eigenvalue weighted by molar-refractivity contribution is 7.12. The van der Waals surface area contributed by atoms with E-state index in [-0.39, 0.29) is 18.4 Å². The van der Waals surface area contributed by atoms with Gasteiger partial charge in [-0.1, -0.05) is 6.07 Å². The second kappa shape index (κ2) is 6.97. The maximum Gasteiger partial charge on any atom is 0.261 e. The molecule has 5 nitrogen and oxygen atoms in total. The van der Waals surface area contributed by atoms with Crippen LogP contribution < -0.4 is 16.4 Å². The highest BCUT2D eigenvalue weighted by atomic mass is 32.1. The minimum Gasteiger partial charge on any atom is -0.355 e. The lowest BCUT2D eigenvalue weighted by molar-refractivity contribution is -0.119. The summed E-state index contributed by atoms with van der Waals surface area (Å²) in [5.41, 5.74) is 5.12. The van der Waals surface area contributed by atoms with Crippen LogP contribution in [0.15, 0.2) is 17.5 Å². The molecule has 0 fully saturated rings. The Kier molecular flexibility index (Phi) is 5.52. The first-order valence-electron chi connectivity index (χ1n) is 5.02. The molecule has 2 amide bonds. The van der Waals surface area contributed by atoms with E-state index in [1.165, 1.54) is 11.3 Å². The molecule has 6 heteroatoms. The normalized spacial score (nSPS) is 9.81. The Morgan fingerprint density at radius 3 is 2.69 bits per heavy atom. The zero-order valence-electron chi connectivity index (χ0n) is 8.86. The Hall–Kier alpha value is -1.40. The van der Waals surface area contributed by atoms with Gasteiger partial charge in [-0.2, -0.15) is 0 Å². The molecule has 0 saturated carbocycles. The van der Waals surface area contributed by atoms with Crippen molar-refractivity contribution < 1.29 is 9.59 Å². The van der Waals surface area contributed by atoms with Crippen LogP contribution in [0.4, 0.5) is 0 Å². The first-order valence-corrected chi connectivity index (χ1v) is 5.90. The van der Waals surface area contributed by atoms with Crippen molar-refractivity contribution in [3.05, 3.63) is 22.4 Å². The van der Waals surface area contributed by atoms with Crippen molar-refractivity contribution in [1.82, 2.24) is 10.6 Å². The average Bonchev–Trinajstić information content (AvgIpc) is 2.81. The number of hydrogen-bond donors (Lipinski definition) is 3. The standard InChI is InChI=1S/C10H15N3O2S/c11-7-9(14)12-4-2-5-13-10(15)8-3-1-6-16-8/h1,3,6H,2,4-5,7,11H2,(H,12,14)(H,13,15). The molecule has 16 heavy (non-hydrogen) atoms. The lowest BCUT2D eigenvalue weighted by Gasteiger charge is -2.04. The number of carbonyl (C=O) groups is 2. The fourth-order valence-corrected chi connectivity index (χ4v) is 1.73. The van der Waals surface area contributed by atoms with Crippen LogP contribution in [0.3, 0.4) is 0 Å². The maximum absolute atomic E-state index is 11.5. The molecule has 0 aliphatic carbocycles. The number of thiophene rings is 1. The maximum atomic E-state index is 11.5. The van der Waals surface area contributed by atoms with E-state index in [2.05, 4.69) is 10.6 Å². The quantitative estimate of drug-likeness (QED) is 0.610. The van der Waals surface area contributed by atoms with Gasteiger partial charge in [0.15, 0.2) is 0 Å². The molecule has 0 spiro atoms. The molecule has 0 unspecified atom stereocenters. The van der Waals surface area contributed by atoms with Crippen molar-refractivity contribution in [3.63, 3.8) is 0 Å². The van der Waals surface area contributed by atoms with Gasteiger partial charge < -0.3 is 16.4 Å². The van der Waals surface area contributed by atoms with Gasteiger partial charge >= 0.3 is 0 Å². The molecule has 0 atom stereocenters. The minimum absolute atomic E-state index is 0.00154. The third-order valence-corrected chi connectivity index (χ3v) is 2.76. The second-order valence-electron chi connectivity index (χ2n) is 3.14. The number of rotatable bonds is 6. The van der Waals surface area contributed by atoms with Crippen LogP contribution in [0.5, 0.6) is 0 Å². The summed E-state index contributed by atoms with van der Waals surface area (Å²) in [6.07, 6.45) is 0.697. The predicted molar refractivity (Wildman–Crippen MR) is 63.3 cm³/mol. The van der Waals surface area contributed by atoms with Gasteiger partial charge in [0.05, 0.1) is 11.4 Å². The molecule has 0 saturated heterocycles. The van der Waals surface area contributed by atoms with Gasteiger partial charge in [-0.15, -0.1) is 11.3 Å². The average molecular weight is 241 g/mol. The van der Waals surface area contributed by atoms with Crippen molar-refractivity contribution in [3.8, 4) is 0 Å². The summed E-state index contributed by atoms with van der Waals surface area (Å²) in [6, 6.07) is 3.61. The monoisotopic (exact) mass is 241 g/mol. The zero-order valence-corrected chi connectivity index (χ0v) is 9.68. The van der Waals surface area contributed by atoms with Crippen LogP contribution in [0.2, 0.25) is 0 Å². The Morgan fingerprint density at radius 2 is 2.06 bits per heavy atom. The largest absolute Gasteiger partial charge is 0.355 e. The third kappa shape index (κ3) is 4.41. The molecule has 1 aromatic heterocycles. The molecule has 1 rings (SSSR count). The SMILES string of the molecule is NCC(=O)NCCCNC(=O)c1cccs1. The smallest absolute Gasteiger partial charge is 0.261 e. The molecule has 0 aliphatic rings. The van der Waals surface area contributed by atoms with E-state index in [0.717, 1.165) is 0 Å². The van der Waals surface area contributed by atoms with E-state index >= 15 is 0 Å². The summed E-state index contributed by atoms with van der Waals surface area (Å²) in [6.45, 7) is 1.07. The van der Waals surface area contributed by atoms with Crippen molar-refractivity contribution in [2.45, 2.75) is 6.42 Å². The van der Waals surface area contributed by atoms with Gasteiger partial charge in [0, 0.05) is 13.1 Å². The summed E-state index contributed by atoms with van der Waals surface area (Å²) in [7, 11) is 0. The minimum atomic E-state index is -0.176. The Balaban J connectivity index is 2.08. The number of nitrogens with one attached hydrogen (secondary N) is 2. The van der Waals surface area contributed by atoms with Gasteiger partial charge in [0.1, 0.15) is 0 Å². The summed E-state index contributed by atoms with van der Waals surface area (Å²) in [4.78, 5) is 22.9.